The fourth-order valence-corrected chi connectivity index (χ4v) is 2.86. The lowest BCUT2D eigenvalue weighted by atomic mass is 10.2. The molecule has 0 bridgehead atoms. The van der Waals surface area contributed by atoms with Gasteiger partial charge in [0, 0.05) is 5.56 Å². The average molecular weight is 464 g/mol. The number of para-hydroxylation sites is 1. The molecule has 0 saturated heterocycles. The minimum absolute atomic E-state index is 0.0814. The van der Waals surface area contributed by atoms with E-state index in [-0.39, 0.29) is 29.8 Å². The van der Waals surface area contributed by atoms with Crippen molar-refractivity contribution >= 4 is 5.91 Å². The summed E-state index contributed by atoms with van der Waals surface area (Å²) < 4.78 is 58.5. The fraction of sp³-hybridized carbons (Fsp3) is 0.304. The number of ether oxygens (including phenoxy) is 3. The van der Waals surface area contributed by atoms with Crippen LogP contribution in [0.1, 0.15) is 29.4 Å². The number of amides is 1. The van der Waals surface area contributed by atoms with Gasteiger partial charge < -0.3 is 23.9 Å². The first-order valence-electron chi connectivity index (χ1n) is 10.1. The minimum Gasteiger partial charge on any atom is -0.493 e. The fourth-order valence-electron chi connectivity index (χ4n) is 2.86. The standard InChI is InChI=1S/C23H23F3N2O5/c1-3-10-31-18-7-5-4-6-17(18)21(29)27-12-16-13-32-22(28-16)15-8-9-19(30-2)20(11-15)33-14-23(24,25)26/h4-9,11,13H,3,10,12,14H2,1-2H3,(H,27,29). The maximum absolute atomic E-state index is 12.6. The van der Waals surface area contributed by atoms with E-state index in [0.29, 0.717) is 29.2 Å². The van der Waals surface area contributed by atoms with Gasteiger partial charge in [-0.25, -0.2) is 4.98 Å². The number of nitrogens with one attached hydrogen (secondary N) is 1. The zero-order valence-corrected chi connectivity index (χ0v) is 18.1. The van der Waals surface area contributed by atoms with Crippen LogP contribution in [0, 0.1) is 0 Å². The zero-order valence-electron chi connectivity index (χ0n) is 18.1. The van der Waals surface area contributed by atoms with E-state index in [2.05, 4.69) is 10.3 Å². The van der Waals surface area contributed by atoms with Gasteiger partial charge in [-0.1, -0.05) is 19.1 Å². The Morgan fingerprint density at radius 3 is 2.61 bits per heavy atom. The van der Waals surface area contributed by atoms with Crippen LogP contribution >= 0.6 is 0 Å². The second-order valence-electron chi connectivity index (χ2n) is 6.94. The van der Waals surface area contributed by atoms with Crippen LogP contribution < -0.4 is 19.5 Å². The molecule has 0 spiro atoms. The Labute approximate surface area is 188 Å². The predicted octanol–water partition coefficient (Wildman–Crippen LogP) is 5.01. The number of hydrogen-bond acceptors (Lipinski definition) is 6. The monoisotopic (exact) mass is 464 g/mol. The van der Waals surface area contributed by atoms with Crippen LogP contribution in [0.15, 0.2) is 53.1 Å². The summed E-state index contributed by atoms with van der Waals surface area (Å²) in [6, 6.07) is 11.3. The number of nitrogens with zero attached hydrogens (tertiary/aromatic N) is 1. The van der Waals surface area contributed by atoms with E-state index >= 15 is 0 Å². The Morgan fingerprint density at radius 2 is 1.88 bits per heavy atom. The van der Waals surface area contributed by atoms with Crippen molar-refractivity contribution in [3.05, 3.63) is 60.0 Å². The number of methoxy groups -OCH3 is 1. The molecule has 7 nitrogen and oxygen atoms in total. The zero-order chi connectivity index (χ0) is 23.8. The third kappa shape index (κ3) is 6.64. The van der Waals surface area contributed by atoms with Crippen molar-refractivity contribution in [2.24, 2.45) is 0 Å². The highest BCUT2D eigenvalue weighted by atomic mass is 19.4. The molecule has 10 heteroatoms. The summed E-state index contributed by atoms with van der Waals surface area (Å²) in [5.41, 5.74) is 1.22. The topological polar surface area (TPSA) is 82.8 Å². The molecule has 1 heterocycles. The van der Waals surface area contributed by atoms with E-state index in [0.717, 1.165) is 6.42 Å². The molecule has 0 fully saturated rings. The van der Waals surface area contributed by atoms with Gasteiger partial charge in [0.2, 0.25) is 5.89 Å². The van der Waals surface area contributed by atoms with Crippen molar-refractivity contribution in [2.75, 3.05) is 20.3 Å². The van der Waals surface area contributed by atoms with Crippen molar-refractivity contribution in [1.29, 1.82) is 0 Å². The molecule has 1 amide bonds. The molecule has 0 radical (unpaired) electrons. The molecular weight excluding hydrogens is 441 g/mol. The van der Waals surface area contributed by atoms with Crippen molar-refractivity contribution in [2.45, 2.75) is 26.1 Å². The van der Waals surface area contributed by atoms with Crippen molar-refractivity contribution in [3.63, 3.8) is 0 Å². The first-order chi connectivity index (χ1) is 15.8. The van der Waals surface area contributed by atoms with E-state index in [1.54, 1.807) is 30.3 Å². The van der Waals surface area contributed by atoms with Crippen molar-refractivity contribution in [1.82, 2.24) is 10.3 Å². The van der Waals surface area contributed by atoms with E-state index < -0.39 is 12.8 Å². The highest BCUT2D eigenvalue weighted by Gasteiger charge is 2.29. The Morgan fingerprint density at radius 1 is 1.09 bits per heavy atom. The molecule has 0 saturated carbocycles. The van der Waals surface area contributed by atoms with E-state index in [9.17, 15) is 18.0 Å². The van der Waals surface area contributed by atoms with Gasteiger partial charge in [-0.2, -0.15) is 13.2 Å². The van der Waals surface area contributed by atoms with Crippen LogP contribution in [-0.2, 0) is 6.54 Å². The molecule has 0 aliphatic rings. The maximum Gasteiger partial charge on any atom is 0.422 e. The molecule has 33 heavy (non-hydrogen) atoms. The summed E-state index contributed by atoms with van der Waals surface area (Å²) in [5, 5.41) is 2.75. The molecule has 2 aromatic carbocycles. The Hall–Kier alpha value is -3.69. The minimum atomic E-state index is -4.49. The Kier molecular flexibility index (Phi) is 7.81. The number of hydrogen-bond donors (Lipinski definition) is 1. The van der Waals surface area contributed by atoms with Crippen LogP contribution in [0.3, 0.4) is 0 Å². The second kappa shape index (κ2) is 10.8. The molecule has 1 N–H and O–H groups in total. The lowest BCUT2D eigenvalue weighted by Gasteiger charge is -2.13. The largest absolute Gasteiger partial charge is 0.493 e. The normalized spacial score (nSPS) is 11.2. The highest BCUT2D eigenvalue weighted by molar-refractivity contribution is 5.96. The molecule has 176 valence electrons. The summed E-state index contributed by atoms with van der Waals surface area (Å²) in [4.78, 5) is 16.9. The number of alkyl halides is 3. The summed E-state index contributed by atoms with van der Waals surface area (Å²) in [6.07, 6.45) is -2.32. The maximum atomic E-state index is 12.6. The average Bonchev–Trinajstić information content (AvgIpc) is 3.28. The van der Waals surface area contributed by atoms with Gasteiger partial charge in [0.1, 0.15) is 12.0 Å². The number of aromatic nitrogens is 1. The number of rotatable bonds is 10. The molecule has 0 aliphatic heterocycles. The van der Waals surface area contributed by atoms with Crippen LogP contribution in [0.5, 0.6) is 17.2 Å². The number of carbonyl (C=O) groups is 1. The van der Waals surface area contributed by atoms with Gasteiger partial charge in [0.05, 0.1) is 31.5 Å². The Bertz CT molecular complexity index is 1080. The van der Waals surface area contributed by atoms with Crippen LogP contribution in [0.2, 0.25) is 0 Å². The third-order valence-corrected chi connectivity index (χ3v) is 4.38. The van der Waals surface area contributed by atoms with Crippen molar-refractivity contribution < 1.29 is 36.6 Å². The molecule has 0 aliphatic carbocycles. The summed E-state index contributed by atoms with van der Waals surface area (Å²) in [5.74, 6) is 0.362. The second-order valence-corrected chi connectivity index (χ2v) is 6.94. The van der Waals surface area contributed by atoms with Gasteiger partial charge in [-0.3, -0.25) is 4.79 Å². The Balaban J connectivity index is 1.68. The van der Waals surface area contributed by atoms with E-state index in [1.807, 2.05) is 6.92 Å². The first-order valence-corrected chi connectivity index (χ1v) is 10.1. The third-order valence-electron chi connectivity index (χ3n) is 4.38. The van der Waals surface area contributed by atoms with E-state index in [1.165, 1.54) is 25.5 Å². The molecule has 0 atom stereocenters. The number of halogens is 3. The first kappa shape index (κ1) is 24.0. The lowest BCUT2D eigenvalue weighted by molar-refractivity contribution is -0.153. The van der Waals surface area contributed by atoms with Gasteiger partial charge in [-0.05, 0) is 36.8 Å². The van der Waals surface area contributed by atoms with Gasteiger partial charge in [0.15, 0.2) is 18.1 Å². The molecule has 1 aromatic heterocycles. The highest BCUT2D eigenvalue weighted by Crippen LogP contribution is 2.33. The lowest BCUT2D eigenvalue weighted by Crippen LogP contribution is -2.23. The molecule has 3 aromatic rings. The summed E-state index contributed by atoms with van der Waals surface area (Å²) >= 11 is 0. The number of oxazole rings is 1. The number of benzene rings is 2. The van der Waals surface area contributed by atoms with Crippen LogP contribution in [-0.4, -0.2) is 37.4 Å². The van der Waals surface area contributed by atoms with Crippen LogP contribution in [0.25, 0.3) is 11.5 Å². The van der Waals surface area contributed by atoms with E-state index in [4.69, 9.17) is 18.6 Å². The quantitative estimate of drug-likeness (QED) is 0.454. The summed E-state index contributed by atoms with van der Waals surface area (Å²) in [6.45, 7) is 1.09. The molecular formula is C23H23F3N2O5. The van der Waals surface area contributed by atoms with Crippen molar-refractivity contribution in [3.8, 4) is 28.7 Å². The van der Waals surface area contributed by atoms with Gasteiger partial charge >= 0.3 is 6.18 Å². The smallest absolute Gasteiger partial charge is 0.422 e. The predicted molar refractivity (Wildman–Crippen MR) is 113 cm³/mol. The van der Waals surface area contributed by atoms with Gasteiger partial charge in [0.25, 0.3) is 5.91 Å². The summed E-state index contributed by atoms with van der Waals surface area (Å²) in [7, 11) is 1.33. The van der Waals surface area contributed by atoms with Gasteiger partial charge in [-0.15, -0.1) is 0 Å². The number of carbonyl (C=O) groups excluding carboxylic acids is 1. The SMILES string of the molecule is CCCOc1ccccc1C(=O)NCc1coc(-c2ccc(OC)c(OCC(F)(F)F)c2)n1. The van der Waals surface area contributed by atoms with Crippen LogP contribution in [0.4, 0.5) is 13.2 Å². The molecule has 0 unspecified atom stereocenters. The molecule has 3 rings (SSSR count).